The Balaban J connectivity index is 1.51. The van der Waals surface area contributed by atoms with Gasteiger partial charge in [-0.1, -0.05) is 53.8 Å². The molecule has 0 N–H and O–H groups in total. The summed E-state index contributed by atoms with van der Waals surface area (Å²) in [7, 11) is 0. The number of thioether (sulfide) groups is 1. The lowest BCUT2D eigenvalue weighted by atomic mass is 10.1. The van der Waals surface area contributed by atoms with E-state index in [9.17, 15) is 14.9 Å². The molecule has 0 bridgehead atoms. The van der Waals surface area contributed by atoms with E-state index in [4.69, 9.17) is 16.6 Å². The summed E-state index contributed by atoms with van der Waals surface area (Å²) >= 11 is 6.77. The molecule has 4 rings (SSSR count). The van der Waals surface area contributed by atoms with Crippen LogP contribution in [0.1, 0.15) is 11.3 Å². The minimum atomic E-state index is -0.443. The normalized spacial score (nSPS) is 16.4. The van der Waals surface area contributed by atoms with Gasteiger partial charge in [-0.15, -0.1) is 0 Å². The van der Waals surface area contributed by atoms with Crippen molar-refractivity contribution in [3.8, 4) is 11.3 Å². The molecule has 2 aromatic carbocycles. The lowest BCUT2D eigenvalue weighted by Gasteiger charge is -2.15. The maximum atomic E-state index is 12.9. The second-order valence-electron chi connectivity index (χ2n) is 6.66. The number of hydrogen-bond donors (Lipinski definition) is 0. The highest BCUT2D eigenvalue weighted by atomic mass is 32.2. The average molecular weight is 425 g/mol. The van der Waals surface area contributed by atoms with Crippen molar-refractivity contribution in [3.63, 3.8) is 0 Å². The average Bonchev–Trinajstić information content (AvgIpc) is 3.28. The number of nitro groups is 1. The standard InChI is InChI=1S/C21H16N2O4S2/c1-13-5-7-15(8-6-13)22-20(24)19(29-21(22)28)12-17-9-10-18(27-17)14-3-2-4-16(11-14)23(25)26/h2-11,19H,12H2,1H3/t19-/m0/s1. The molecule has 0 spiro atoms. The van der Waals surface area contributed by atoms with Crippen LogP contribution in [0.15, 0.2) is 65.1 Å². The summed E-state index contributed by atoms with van der Waals surface area (Å²) in [5.74, 6) is 1.08. The number of hydrogen-bond acceptors (Lipinski definition) is 6. The highest BCUT2D eigenvalue weighted by Gasteiger charge is 2.38. The van der Waals surface area contributed by atoms with E-state index in [1.54, 1.807) is 29.2 Å². The van der Waals surface area contributed by atoms with Crippen LogP contribution >= 0.6 is 24.0 Å². The number of anilines is 1. The zero-order valence-corrected chi connectivity index (χ0v) is 17.0. The number of aryl methyl sites for hydroxylation is 1. The molecule has 1 aliphatic rings. The Bertz CT molecular complexity index is 1110. The molecule has 8 heteroatoms. The molecule has 3 aromatic rings. The fourth-order valence-corrected chi connectivity index (χ4v) is 4.65. The van der Waals surface area contributed by atoms with Crippen molar-refractivity contribution in [2.24, 2.45) is 0 Å². The van der Waals surface area contributed by atoms with Gasteiger partial charge in [-0.25, -0.2) is 0 Å². The molecule has 0 unspecified atom stereocenters. The van der Waals surface area contributed by atoms with E-state index in [0.717, 1.165) is 11.3 Å². The Morgan fingerprint density at radius 3 is 2.66 bits per heavy atom. The fourth-order valence-electron chi connectivity index (χ4n) is 3.11. The fraction of sp³-hybridized carbons (Fsp3) is 0.143. The molecule has 0 saturated carbocycles. The molecule has 1 saturated heterocycles. The van der Waals surface area contributed by atoms with Crippen LogP contribution in [0.2, 0.25) is 0 Å². The summed E-state index contributed by atoms with van der Waals surface area (Å²) < 4.78 is 6.38. The van der Waals surface area contributed by atoms with Gasteiger partial charge in [0.05, 0.1) is 15.9 Å². The third-order valence-corrected chi connectivity index (χ3v) is 6.11. The molecule has 146 valence electrons. The second-order valence-corrected chi connectivity index (χ2v) is 8.50. The molecule has 0 aliphatic carbocycles. The van der Waals surface area contributed by atoms with Gasteiger partial charge in [-0.3, -0.25) is 19.8 Å². The number of carbonyl (C=O) groups excluding carboxylic acids is 1. The number of amides is 1. The number of nitrogens with zero attached hydrogens (tertiary/aromatic N) is 2. The lowest BCUT2D eigenvalue weighted by molar-refractivity contribution is -0.384. The molecule has 1 atom stereocenters. The third kappa shape index (κ3) is 3.94. The maximum Gasteiger partial charge on any atom is 0.270 e. The van der Waals surface area contributed by atoms with Crippen LogP contribution in [0.5, 0.6) is 0 Å². The molecule has 1 aliphatic heterocycles. The number of benzene rings is 2. The summed E-state index contributed by atoms with van der Waals surface area (Å²) in [4.78, 5) is 25.0. The molecule has 0 radical (unpaired) electrons. The predicted octanol–water partition coefficient (Wildman–Crippen LogP) is 5.14. The van der Waals surface area contributed by atoms with Gasteiger partial charge in [0, 0.05) is 24.1 Å². The van der Waals surface area contributed by atoms with Crippen molar-refractivity contribution in [2.75, 3.05) is 4.90 Å². The molecular formula is C21H16N2O4S2. The van der Waals surface area contributed by atoms with Crippen molar-refractivity contribution in [1.29, 1.82) is 0 Å². The van der Waals surface area contributed by atoms with Crippen molar-refractivity contribution in [3.05, 3.63) is 82.1 Å². The topological polar surface area (TPSA) is 76.6 Å². The van der Waals surface area contributed by atoms with E-state index >= 15 is 0 Å². The van der Waals surface area contributed by atoms with Crippen LogP contribution in [-0.4, -0.2) is 20.4 Å². The first-order valence-corrected chi connectivity index (χ1v) is 10.2. The maximum absolute atomic E-state index is 12.9. The first-order valence-electron chi connectivity index (χ1n) is 8.87. The van der Waals surface area contributed by atoms with Gasteiger partial charge in [0.15, 0.2) is 0 Å². The SMILES string of the molecule is Cc1ccc(N2C(=O)[C@H](Cc3ccc(-c4cccc([N+](=O)[O-])c4)o3)SC2=S)cc1. The summed E-state index contributed by atoms with van der Waals surface area (Å²) in [6.45, 7) is 1.99. The van der Waals surface area contributed by atoms with Crippen LogP contribution in [0.25, 0.3) is 11.3 Å². The smallest absolute Gasteiger partial charge is 0.270 e. The third-order valence-electron chi connectivity index (χ3n) is 4.60. The Kier molecular flexibility index (Phi) is 5.21. The number of furan rings is 1. The first-order chi connectivity index (χ1) is 13.9. The van der Waals surface area contributed by atoms with Gasteiger partial charge in [-0.2, -0.15) is 0 Å². The molecule has 6 nitrogen and oxygen atoms in total. The van der Waals surface area contributed by atoms with Crippen LogP contribution in [0.3, 0.4) is 0 Å². The van der Waals surface area contributed by atoms with Crippen molar-refractivity contribution in [1.82, 2.24) is 0 Å². The molecule has 2 heterocycles. The largest absolute Gasteiger partial charge is 0.461 e. The number of nitro benzene ring substituents is 1. The van der Waals surface area contributed by atoms with Crippen molar-refractivity contribution >= 4 is 45.6 Å². The lowest BCUT2D eigenvalue weighted by Crippen LogP contribution is -2.31. The van der Waals surface area contributed by atoms with Crippen molar-refractivity contribution < 1.29 is 14.1 Å². The number of carbonyl (C=O) groups is 1. The molecular weight excluding hydrogens is 408 g/mol. The zero-order chi connectivity index (χ0) is 20.5. The van der Waals surface area contributed by atoms with Gasteiger partial charge < -0.3 is 4.42 Å². The Hall–Kier alpha value is -2.97. The number of rotatable bonds is 5. The molecule has 1 fully saturated rings. The predicted molar refractivity (Wildman–Crippen MR) is 117 cm³/mol. The highest BCUT2D eigenvalue weighted by Crippen LogP contribution is 2.35. The molecule has 29 heavy (non-hydrogen) atoms. The Labute approximate surface area is 176 Å². The van der Waals surface area contributed by atoms with E-state index in [2.05, 4.69) is 0 Å². The quantitative estimate of drug-likeness (QED) is 0.321. The van der Waals surface area contributed by atoms with E-state index in [1.165, 1.54) is 23.9 Å². The van der Waals surface area contributed by atoms with Gasteiger partial charge >= 0.3 is 0 Å². The minimum absolute atomic E-state index is 0.000986. The van der Waals surface area contributed by atoms with E-state index in [1.807, 2.05) is 31.2 Å². The Morgan fingerprint density at radius 2 is 1.93 bits per heavy atom. The summed E-state index contributed by atoms with van der Waals surface area (Å²) in [5.41, 5.74) is 2.49. The van der Waals surface area contributed by atoms with Crippen LogP contribution in [-0.2, 0) is 11.2 Å². The summed E-state index contributed by atoms with van der Waals surface area (Å²) in [5, 5.41) is 10.6. The van der Waals surface area contributed by atoms with E-state index in [0.29, 0.717) is 27.8 Å². The van der Waals surface area contributed by atoms with Crippen molar-refractivity contribution in [2.45, 2.75) is 18.6 Å². The first kappa shape index (κ1) is 19.4. The van der Waals surface area contributed by atoms with Gasteiger partial charge in [0.2, 0.25) is 5.91 Å². The Morgan fingerprint density at radius 1 is 1.17 bits per heavy atom. The number of thiocarbonyl (C=S) groups is 1. The zero-order valence-electron chi connectivity index (χ0n) is 15.4. The van der Waals surface area contributed by atoms with Gasteiger partial charge in [-0.05, 0) is 31.2 Å². The van der Waals surface area contributed by atoms with Crippen LogP contribution in [0.4, 0.5) is 11.4 Å². The van der Waals surface area contributed by atoms with Gasteiger partial charge in [0.25, 0.3) is 5.69 Å². The summed E-state index contributed by atoms with van der Waals surface area (Å²) in [6.07, 6.45) is 0.390. The van der Waals surface area contributed by atoms with Crippen LogP contribution < -0.4 is 4.90 Å². The van der Waals surface area contributed by atoms with Crippen LogP contribution in [0, 0.1) is 17.0 Å². The molecule has 1 amide bonds. The number of non-ortho nitro benzene ring substituents is 1. The highest BCUT2D eigenvalue weighted by molar-refractivity contribution is 8.25. The monoisotopic (exact) mass is 424 g/mol. The van der Waals surface area contributed by atoms with E-state index < -0.39 is 4.92 Å². The molecule has 1 aromatic heterocycles. The summed E-state index contributed by atoms with van der Waals surface area (Å²) in [6, 6.07) is 17.5. The van der Waals surface area contributed by atoms with Gasteiger partial charge in [0.1, 0.15) is 15.8 Å². The van der Waals surface area contributed by atoms with E-state index in [-0.39, 0.29) is 16.8 Å². The minimum Gasteiger partial charge on any atom is -0.461 e. The second kappa shape index (κ2) is 7.81.